The Bertz CT molecular complexity index is 660. The average Bonchev–Trinajstić information content (AvgIpc) is 2.46. The van der Waals surface area contributed by atoms with Gasteiger partial charge in [0, 0.05) is 24.0 Å². The van der Waals surface area contributed by atoms with Crippen molar-refractivity contribution < 1.29 is 4.79 Å². The Labute approximate surface area is 124 Å². The van der Waals surface area contributed by atoms with Gasteiger partial charge in [-0.15, -0.1) is 0 Å². The minimum Gasteiger partial charge on any atom is -0.367 e. The summed E-state index contributed by atoms with van der Waals surface area (Å²) in [6.45, 7) is 3.93. The first-order chi connectivity index (χ1) is 9.98. The summed E-state index contributed by atoms with van der Waals surface area (Å²) in [5.41, 5.74) is 0.725. The summed E-state index contributed by atoms with van der Waals surface area (Å²) in [5.74, 6) is -0.338. The summed E-state index contributed by atoms with van der Waals surface area (Å²) in [6, 6.07) is 11.5. The molecule has 2 N–H and O–H groups in total. The van der Waals surface area contributed by atoms with Gasteiger partial charge in [-0.3, -0.25) is 9.59 Å². The van der Waals surface area contributed by atoms with Crippen LogP contribution in [0.3, 0.4) is 0 Å². The molecule has 0 saturated heterocycles. The highest BCUT2D eigenvalue weighted by Crippen LogP contribution is 2.14. The van der Waals surface area contributed by atoms with Crippen LogP contribution in [-0.4, -0.2) is 16.4 Å². The molecule has 0 saturated carbocycles. The van der Waals surface area contributed by atoms with Crippen molar-refractivity contribution in [2.75, 3.05) is 0 Å². The van der Waals surface area contributed by atoms with Crippen molar-refractivity contribution in [3.05, 3.63) is 70.1 Å². The van der Waals surface area contributed by atoms with E-state index in [1.165, 1.54) is 24.0 Å². The molecule has 0 fully saturated rings. The van der Waals surface area contributed by atoms with Crippen molar-refractivity contribution in [1.82, 2.24) is 10.3 Å². The van der Waals surface area contributed by atoms with Crippen LogP contribution < -0.4 is 10.7 Å². The van der Waals surface area contributed by atoms with Crippen molar-refractivity contribution in [2.45, 2.75) is 32.2 Å². The first-order valence-electron chi connectivity index (χ1n) is 7.01. The number of carbonyl (C=O) groups is 1. The molecule has 0 spiro atoms. The number of benzene rings is 1. The number of carbonyl (C=O) groups excluding carboxylic acids is 1. The van der Waals surface area contributed by atoms with Crippen LogP contribution in [0.2, 0.25) is 0 Å². The van der Waals surface area contributed by atoms with E-state index in [1.54, 1.807) is 0 Å². The van der Waals surface area contributed by atoms with E-state index in [9.17, 15) is 9.59 Å². The fraction of sp³-hybridized carbons (Fsp3) is 0.294. The number of hydrogen-bond acceptors (Lipinski definition) is 2. The zero-order valence-corrected chi connectivity index (χ0v) is 12.3. The maximum atomic E-state index is 12.2. The third-order valence-electron chi connectivity index (χ3n) is 3.40. The van der Waals surface area contributed by atoms with E-state index in [-0.39, 0.29) is 22.4 Å². The lowest BCUT2D eigenvalue weighted by atomic mass is 9.95. The molecule has 0 aliphatic heterocycles. The number of hydrogen-bond donors (Lipinski definition) is 2. The summed E-state index contributed by atoms with van der Waals surface area (Å²) in [7, 11) is 0. The van der Waals surface area contributed by atoms with Gasteiger partial charge in [0.25, 0.3) is 5.91 Å². The minimum atomic E-state index is -0.380. The number of aryl methyl sites for hydroxylation is 1. The van der Waals surface area contributed by atoms with E-state index in [2.05, 4.69) is 22.4 Å². The fourth-order valence-electron chi connectivity index (χ4n) is 2.13. The molecule has 0 unspecified atom stereocenters. The van der Waals surface area contributed by atoms with Crippen LogP contribution in [-0.2, 0) is 6.42 Å². The molecule has 1 aromatic carbocycles. The lowest BCUT2D eigenvalue weighted by molar-refractivity contribution is 0.0908. The van der Waals surface area contributed by atoms with Gasteiger partial charge in [0.1, 0.15) is 5.56 Å². The van der Waals surface area contributed by atoms with E-state index < -0.39 is 0 Å². The molecule has 21 heavy (non-hydrogen) atoms. The minimum absolute atomic E-state index is 0.144. The molecule has 0 aliphatic carbocycles. The SMILES string of the molecule is CC(C)(CCc1ccccc1)NC(=O)c1c[nH]ccc1=O. The standard InChI is InChI=1S/C17H20N2O2/c1-17(2,10-8-13-6-4-3-5-7-13)19-16(21)14-12-18-11-9-15(14)20/h3-7,9,11-12H,8,10H2,1-2H3,(H,18,20)(H,19,21). The first kappa shape index (κ1) is 15.0. The van der Waals surface area contributed by atoms with Crippen molar-refractivity contribution in [1.29, 1.82) is 0 Å². The van der Waals surface area contributed by atoms with E-state index in [0.717, 1.165) is 12.8 Å². The van der Waals surface area contributed by atoms with Gasteiger partial charge in [0.05, 0.1) is 0 Å². The lowest BCUT2D eigenvalue weighted by Gasteiger charge is -2.26. The van der Waals surface area contributed by atoms with E-state index in [0.29, 0.717) is 0 Å². The van der Waals surface area contributed by atoms with Gasteiger partial charge in [-0.25, -0.2) is 0 Å². The van der Waals surface area contributed by atoms with Crippen LogP contribution in [0.15, 0.2) is 53.6 Å². The first-order valence-corrected chi connectivity index (χ1v) is 7.01. The van der Waals surface area contributed by atoms with Crippen molar-refractivity contribution in [2.24, 2.45) is 0 Å². The number of rotatable bonds is 5. The smallest absolute Gasteiger partial charge is 0.257 e. The molecule has 1 aromatic heterocycles. The Balaban J connectivity index is 1.99. The molecular formula is C17H20N2O2. The molecule has 0 radical (unpaired) electrons. The molecule has 0 atom stereocenters. The Hall–Kier alpha value is -2.36. The fourth-order valence-corrected chi connectivity index (χ4v) is 2.13. The number of H-pyrrole nitrogens is 1. The third kappa shape index (κ3) is 4.31. The van der Waals surface area contributed by atoms with Crippen LogP contribution in [0, 0.1) is 0 Å². The molecular weight excluding hydrogens is 264 g/mol. The van der Waals surface area contributed by atoms with E-state index in [4.69, 9.17) is 0 Å². The second-order valence-electron chi connectivity index (χ2n) is 5.75. The van der Waals surface area contributed by atoms with Crippen LogP contribution in [0.1, 0.15) is 36.2 Å². The van der Waals surface area contributed by atoms with Crippen LogP contribution in [0.25, 0.3) is 0 Å². The van der Waals surface area contributed by atoms with E-state index >= 15 is 0 Å². The molecule has 1 heterocycles. The maximum absolute atomic E-state index is 12.2. The molecule has 4 heteroatoms. The molecule has 0 bridgehead atoms. The largest absolute Gasteiger partial charge is 0.367 e. The monoisotopic (exact) mass is 284 g/mol. The van der Waals surface area contributed by atoms with Gasteiger partial charge in [-0.2, -0.15) is 0 Å². The average molecular weight is 284 g/mol. The topological polar surface area (TPSA) is 62.0 Å². The second kappa shape index (κ2) is 6.39. The lowest BCUT2D eigenvalue weighted by Crippen LogP contribution is -2.45. The summed E-state index contributed by atoms with van der Waals surface area (Å²) in [4.78, 5) is 26.6. The number of amides is 1. The normalized spacial score (nSPS) is 11.1. The number of aromatic amines is 1. The van der Waals surface area contributed by atoms with Gasteiger partial charge in [0.2, 0.25) is 0 Å². The third-order valence-corrected chi connectivity index (χ3v) is 3.40. The van der Waals surface area contributed by atoms with Crippen LogP contribution in [0.5, 0.6) is 0 Å². The quantitative estimate of drug-likeness (QED) is 0.886. The Morgan fingerprint density at radius 3 is 2.57 bits per heavy atom. The van der Waals surface area contributed by atoms with Gasteiger partial charge < -0.3 is 10.3 Å². The number of nitrogens with one attached hydrogen (secondary N) is 2. The molecule has 4 nitrogen and oxygen atoms in total. The Kier molecular flexibility index (Phi) is 4.58. The molecule has 2 aromatic rings. The molecule has 110 valence electrons. The second-order valence-corrected chi connectivity index (χ2v) is 5.75. The summed E-state index contributed by atoms with van der Waals surface area (Å²) < 4.78 is 0. The van der Waals surface area contributed by atoms with Gasteiger partial charge in [-0.05, 0) is 32.3 Å². The Morgan fingerprint density at radius 2 is 1.90 bits per heavy atom. The molecule has 0 aliphatic rings. The highest BCUT2D eigenvalue weighted by molar-refractivity contribution is 5.94. The zero-order valence-electron chi connectivity index (χ0n) is 12.3. The summed E-state index contributed by atoms with van der Waals surface area (Å²) in [6.07, 6.45) is 4.62. The van der Waals surface area contributed by atoms with Crippen molar-refractivity contribution in [3.8, 4) is 0 Å². The Morgan fingerprint density at radius 1 is 1.19 bits per heavy atom. The van der Waals surface area contributed by atoms with Crippen LogP contribution in [0.4, 0.5) is 0 Å². The van der Waals surface area contributed by atoms with Crippen LogP contribution >= 0.6 is 0 Å². The number of pyridine rings is 1. The zero-order chi connectivity index (χ0) is 15.3. The van der Waals surface area contributed by atoms with Gasteiger partial charge in [-0.1, -0.05) is 30.3 Å². The summed E-state index contributed by atoms with van der Waals surface area (Å²) in [5, 5.41) is 2.92. The van der Waals surface area contributed by atoms with Crippen molar-refractivity contribution >= 4 is 5.91 Å². The highest BCUT2D eigenvalue weighted by Gasteiger charge is 2.22. The molecule has 2 rings (SSSR count). The van der Waals surface area contributed by atoms with Crippen molar-refractivity contribution in [3.63, 3.8) is 0 Å². The van der Waals surface area contributed by atoms with Gasteiger partial charge in [0.15, 0.2) is 5.43 Å². The maximum Gasteiger partial charge on any atom is 0.257 e. The molecule has 1 amide bonds. The predicted octanol–water partition coefficient (Wildman–Crippen LogP) is 2.52. The predicted molar refractivity (Wildman–Crippen MR) is 83.4 cm³/mol. The summed E-state index contributed by atoms with van der Waals surface area (Å²) >= 11 is 0. The van der Waals surface area contributed by atoms with Gasteiger partial charge >= 0.3 is 0 Å². The highest BCUT2D eigenvalue weighted by atomic mass is 16.2. The van der Waals surface area contributed by atoms with E-state index in [1.807, 2.05) is 32.0 Å². The number of aromatic nitrogens is 1.